The van der Waals surface area contributed by atoms with Gasteiger partial charge in [0.1, 0.15) is 5.76 Å². The van der Waals surface area contributed by atoms with Crippen LogP contribution in [0.2, 0.25) is 0 Å². The fourth-order valence-corrected chi connectivity index (χ4v) is 4.01. The van der Waals surface area contributed by atoms with Gasteiger partial charge in [0.25, 0.3) is 0 Å². The molecule has 0 saturated heterocycles. The van der Waals surface area contributed by atoms with E-state index in [1.807, 2.05) is 6.26 Å². The molecule has 2 heteroatoms. The van der Waals surface area contributed by atoms with Gasteiger partial charge in [0, 0.05) is 23.4 Å². The van der Waals surface area contributed by atoms with Gasteiger partial charge in [-0.15, -0.1) is 0 Å². The van der Waals surface area contributed by atoms with E-state index in [1.54, 1.807) is 0 Å². The van der Waals surface area contributed by atoms with Gasteiger partial charge in [-0.25, -0.2) is 0 Å². The molecule has 146 valence electrons. The van der Waals surface area contributed by atoms with E-state index < -0.39 is 0 Å². The fourth-order valence-electron chi connectivity index (χ4n) is 4.01. The molecule has 2 aromatic rings. The molecule has 26 heavy (non-hydrogen) atoms. The van der Waals surface area contributed by atoms with Crippen LogP contribution in [0, 0.1) is 0 Å². The Morgan fingerprint density at radius 1 is 0.731 bits per heavy atom. The lowest BCUT2D eigenvalue weighted by atomic mass is 9.71. The highest BCUT2D eigenvalue weighted by Crippen LogP contribution is 2.42. The van der Waals surface area contributed by atoms with Crippen molar-refractivity contribution >= 4 is 0 Å². The second kappa shape index (κ2) is 6.32. The van der Waals surface area contributed by atoms with Crippen LogP contribution in [0.3, 0.4) is 0 Å². The number of aromatic amines is 1. The Bertz CT molecular complexity index is 751. The van der Waals surface area contributed by atoms with Crippen molar-refractivity contribution in [2.24, 2.45) is 0 Å². The zero-order valence-corrected chi connectivity index (χ0v) is 18.8. The Hall–Kier alpha value is -1.44. The van der Waals surface area contributed by atoms with Gasteiger partial charge in [0.2, 0.25) is 0 Å². The summed E-state index contributed by atoms with van der Waals surface area (Å²) in [5, 5.41) is 0. The molecular weight excluding hydrogens is 318 g/mol. The first-order valence-electron chi connectivity index (χ1n) is 9.84. The molecule has 0 bridgehead atoms. The number of furan rings is 1. The van der Waals surface area contributed by atoms with Crippen molar-refractivity contribution in [2.75, 3.05) is 0 Å². The average molecular weight is 358 g/mol. The second-order valence-electron chi connectivity index (χ2n) is 11.6. The van der Waals surface area contributed by atoms with Crippen LogP contribution in [0.1, 0.15) is 104 Å². The molecular formula is C24H39NO. The summed E-state index contributed by atoms with van der Waals surface area (Å²) >= 11 is 0. The summed E-state index contributed by atoms with van der Waals surface area (Å²) in [6, 6.07) is 0. The number of hydrogen-bond acceptors (Lipinski definition) is 1. The molecule has 0 aliphatic heterocycles. The SMILES string of the molecule is CC(C)(C)c1c[nH]cc1C(C)(C)Cc1coc(C(C)(C)C)c1C(C)(C)C. The normalized spacial score (nSPS) is 14.1. The summed E-state index contributed by atoms with van der Waals surface area (Å²) in [6.07, 6.45) is 7.33. The van der Waals surface area contributed by atoms with Crippen LogP contribution in [0.5, 0.6) is 0 Å². The van der Waals surface area contributed by atoms with Crippen molar-refractivity contribution in [3.63, 3.8) is 0 Å². The standard InChI is InChI=1S/C24H39NO/c1-21(2,3)17-13-25-14-18(17)24(10,11)12-16-15-26-20(23(7,8)9)19(16)22(4,5)6/h13-15,25H,12H2,1-11H3. The zero-order chi connectivity index (χ0) is 20.1. The maximum atomic E-state index is 6.14. The van der Waals surface area contributed by atoms with Crippen LogP contribution in [0.15, 0.2) is 23.1 Å². The monoisotopic (exact) mass is 357 g/mol. The van der Waals surface area contributed by atoms with E-state index in [4.69, 9.17) is 4.42 Å². The van der Waals surface area contributed by atoms with Crippen LogP contribution < -0.4 is 0 Å². The van der Waals surface area contributed by atoms with Gasteiger partial charge < -0.3 is 9.40 Å². The first kappa shape index (κ1) is 20.9. The third-order valence-electron chi connectivity index (χ3n) is 5.21. The van der Waals surface area contributed by atoms with Gasteiger partial charge in [-0.1, -0.05) is 76.2 Å². The number of rotatable bonds is 3. The maximum absolute atomic E-state index is 6.14. The van der Waals surface area contributed by atoms with Crippen LogP contribution in [-0.2, 0) is 28.1 Å². The molecule has 0 unspecified atom stereocenters. The zero-order valence-electron chi connectivity index (χ0n) is 18.8. The molecule has 0 aromatic carbocycles. The Kier molecular flexibility index (Phi) is 5.07. The lowest BCUT2D eigenvalue weighted by Crippen LogP contribution is -2.27. The molecule has 2 aromatic heterocycles. The van der Waals surface area contributed by atoms with E-state index in [1.165, 1.54) is 22.3 Å². The topological polar surface area (TPSA) is 28.9 Å². The minimum absolute atomic E-state index is 0.00958. The first-order chi connectivity index (χ1) is 11.5. The molecule has 2 nitrogen and oxygen atoms in total. The predicted octanol–water partition coefficient (Wildman–Crippen LogP) is 7.02. The van der Waals surface area contributed by atoms with E-state index in [-0.39, 0.29) is 21.7 Å². The number of hydrogen-bond donors (Lipinski definition) is 1. The smallest absolute Gasteiger partial charge is 0.113 e. The summed E-state index contributed by atoms with van der Waals surface area (Å²) in [4.78, 5) is 3.35. The molecule has 0 spiro atoms. The summed E-state index contributed by atoms with van der Waals surface area (Å²) in [6.45, 7) is 25.1. The lowest BCUT2D eigenvalue weighted by molar-refractivity contribution is 0.392. The Morgan fingerprint density at radius 3 is 1.73 bits per heavy atom. The summed E-state index contributed by atoms with van der Waals surface area (Å²) in [5.41, 5.74) is 5.76. The highest BCUT2D eigenvalue weighted by Gasteiger charge is 2.35. The van der Waals surface area contributed by atoms with Crippen LogP contribution >= 0.6 is 0 Å². The molecule has 0 fully saturated rings. The highest BCUT2D eigenvalue weighted by molar-refractivity contribution is 5.42. The Morgan fingerprint density at radius 2 is 1.27 bits per heavy atom. The fraction of sp³-hybridized carbons (Fsp3) is 0.667. The highest BCUT2D eigenvalue weighted by atomic mass is 16.3. The predicted molar refractivity (Wildman–Crippen MR) is 112 cm³/mol. The Labute approximate surface area is 160 Å². The van der Waals surface area contributed by atoms with E-state index in [0.29, 0.717) is 0 Å². The van der Waals surface area contributed by atoms with Crippen molar-refractivity contribution in [3.05, 3.63) is 46.7 Å². The summed E-state index contributed by atoms with van der Waals surface area (Å²) in [5.74, 6) is 1.13. The van der Waals surface area contributed by atoms with Gasteiger partial charge in [0.15, 0.2) is 0 Å². The number of aromatic nitrogens is 1. The van der Waals surface area contributed by atoms with E-state index >= 15 is 0 Å². The molecule has 0 radical (unpaired) electrons. The largest absolute Gasteiger partial charge is 0.468 e. The summed E-state index contributed by atoms with van der Waals surface area (Å²) in [7, 11) is 0. The van der Waals surface area contributed by atoms with Gasteiger partial charge in [-0.2, -0.15) is 0 Å². The quantitative estimate of drug-likeness (QED) is 0.628. The Balaban J connectivity index is 2.52. The van der Waals surface area contributed by atoms with Gasteiger partial charge in [-0.05, 0) is 39.4 Å². The van der Waals surface area contributed by atoms with Crippen molar-refractivity contribution in [1.29, 1.82) is 0 Å². The number of H-pyrrole nitrogens is 1. The van der Waals surface area contributed by atoms with Crippen LogP contribution in [0.4, 0.5) is 0 Å². The van der Waals surface area contributed by atoms with E-state index in [9.17, 15) is 0 Å². The third-order valence-corrected chi connectivity index (χ3v) is 5.21. The third kappa shape index (κ3) is 4.10. The average Bonchev–Trinajstić information content (AvgIpc) is 3.00. The van der Waals surface area contributed by atoms with Crippen molar-refractivity contribution < 1.29 is 4.42 Å². The molecule has 1 N–H and O–H groups in total. The van der Waals surface area contributed by atoms with Crippen LogP contribution in [-0.4, -0.2) is 4.98 Å². The van der Waals surface area contributed by atoms with Gasteiger partial charge >= 0.3 is 0 Å². The molecule has 0 aliphatic carbocycles. The van der Waals surface area contributed by atoms with Crippen LogP contribution in [0.25, 0.3) is 0 Å². The van der Waals surface area contributed by atoms with Crippen molar-refractivity contribution in [2.45, 2.75) is 104 Å². The van der Waals surface area contributed by atoms with Gasteiger partial charge in [0.05, 0.1) is 6.26 Å². The molecule has 2 rings (SSSR count). The summed E-state index contributed by atoms with van der Waals surface area (Å²) < 4.78 is 6.14. The molecule has 0 amide bonds. The first-order valence-corrected chi connectivity index (χ1v) is 9.84. The van der Waals surface area contributed by atoms with E-state index in [0.717, 1.165) is 12.2 Å². The minimum atomic E-state index is 0.00958. The van der Waals surface area contributed by atoms with Crippen molar-refractivity contribution in [1.82, 2.24) is 4.98 Å². The lowest BCUT2D eigenvalue weighted by Gasteiger charge is -2.32. The maximum Gasteiger partial charge on any atom is 0.113 e. The molecule has 0 atom stereocenters. The minimum Gasteiger partial charge on any atom is -0.468 e. The van der Waals surface area contributed by atoms with Gasteiger partial charge in [-0.3, -0.25) is 0 Å². The van der Waals surface area contributed by atoms with Crippen molar-refractivity contribution in [3.8, 4) is 0 Å². The molecule has 2 heterocycles. The molecule has 0 aliphatic rings. The second-order valence-corrected chi connectivity index (χ2v) is 11.6. The number of nitrogens with one attached hydrogen (secondary N) is 1. The molecule has 0 saturated carbocycles. The van der Waals surface area contributed by atoms with E-state index in [2.05, 4.69) is 93.5 Å².